The summed E-state index contributed by atoms with van der Waals surface area (Å²) in [7, 11) is 1.93. The molecule has 0 amide bonds. The molecule has 0 aliphatic carbocycles. The topological polar surface area (TPSA) is 24.9 Å². The van der Waals surface area contributed by atoms with Gasteiger partial charge in [0.05, 0.1) is 15.4 Å². The number of thiazole rings is 1. The molecule has 14 heavy (non-hydrogen) atoms. The van der Waals surface area contributed by atoms with Crippen LogP contribution in [0.5, 0.6) is 0 Å². The molecule has 2 aromatic rings. The molecule has 2 nitrogen and oxygen atoms in total. The molecule has 0 aliphatic heterocycles. The number of para-hydroxylation sites is 1. The minimum absolute atomic E-state index is 0.511. The van der Waals surface area contributed by atoms with Gasteiger partial charge in [-0.05, 0) is 12.1 Å². The lowest BCUT2D eigenvalue weighted by molar-refractivity contribution is 0.857. The van der Waals surface area contributed by atoms with Gasteiger partial charge < -0.3 is 5.32 Å². The number of hydrogen-bond donors (Lipinski definition) is 1. The van der Waals surface area contributed by atoms with E-state index in [1.54, 1.807) is 11.3 Å². The quantitative estimate of drug-likeness (QED) is 0.814. The minimum Gasteiger partial charge on any atom is -0.386 e. The Bertz CT molecular complexity index is 445. The Labute approximate surface area is 88.0 Å². The maximum Gasteiger partial charge on any atom is 0.105 e. The Morgan fingerprint density at radius 1 is 1.36 bits per heavy atom. The SMILES string of the molecule is CNc1cccc2sc(C(C)C)nc12. The first kappa shape index (κ1) is 9.46. The zero-order valence-electron chi connectivity index (χ0n) is 8.66. The summed E-state index contributed by atoms with van der Waals surface area (Å²) < 4.78 is 1.26. The van der Waals surface area contributed by atoms with Crippen molar-refractivity contribution in [2.45, 2.75) is 19.8 Å². The monoisotopic (exact) mass is 206 g/mol. The van der Waals surface area contributed by atoms with Gasteiger partial charge in [-0.3, -0.25) is 0 Å². The van der Waals surface area contributed by atoms with E-state index in [4.69, 9.17) is 0 Å². The molecule has 0 saturated heterocycles. The van der Waals surface area contributed by atoms with Gasteiger partial charge in [0.1, 0.15) is 5.52 Å². The average Bonchev–Trinajstić information content (AvgIpc) is 2.60. The van der Waals surface area contributed by atoms with Crippen LogP contribution < -0.4 is 5.32 Å². The van der Waals surface area contributed by atoms with Gasteiger partial charge in [-0.1, -0.05) is 19.9 Å². The van der Waals surface area contributed by atoms with Crippen molar-refractivity contribution in [1.29, 1.82) is 0 Å². The molecule has 1 N–H and O–H groups in total. The standard InChI is InChI=1S/C11H14N2S/c1-7(2)11-13-10-8(12-3)5-4-6-9(10)14-11/h4-7,12H,1-3H3. The van der Waals surface area contributed by atoms with Gasteiger partial charge in [-0.25, -0.2) is 4.98 Å². The number of nitrogens with one attached hydrogen (secondary N) is 1. The zero-order valence-corrected chi connectivity index (χ0v) is 9.48. The van der Waals surface area contributed by atoms with E-state index >= 15 is 0 Å². The van der Waals surface area contributed by atoms with Crippen LogP contribution in [0.3, 0.4) is 0 Å². The van der Waals surface area contributed by atoms with Gasteiger partial charge in [0, 0.05) is 13.0 Å². The van der Waals surface area contributed by atoms with E-state index in [-0.39, 0.29) is 0 Å². The largest absolute Gasteiger partial charge is 0.386 e. The third-order valence-corrected chi connectivity index (χ3v) is 3.52. The van der Waals surface area contributed by atoms with E-state index in [1.807, 2.05) is 7.05 Å². The van der Waals surface area contributed by atoms with Crippen LogP contribution in [0.25, 0.3) is 10.2 Å². The number of benzene rings is 1. The number of nitrogens with zero attached hydrogens (tertiary/aromatic N) is 1. The van der Waals surface area contributed by atoms with Gasteiger partial charge in [-0.2, -0.15) is 0 Å². The molecule has 3 heteroatoms. The fourth-order valence-corrected chi connectivity index (χ4v) is 2.41. The van der Waals surface area contributed by atoms with E-state index in [9.17, 15) is 0 Å². The highest BCUT2D eigenvalue weighted by molar-refractivity contribution is 7.18. The first-order valence-corrected chi connectivity index (χ1v) is 5.61. The summed E-state index contributed by atoms with van der Waals surface area (Å²) >= 11 is 1.78. The summed E-state index contributed by atoms with van der Waals surface area (Å²) in [6.45, 7) is 4.35. The summed E-state index contributed by atoms with van der Waals surface area (Å²) in [4.78, 5) is 4.64. The Morgan fingerprint density at radius 3 is 2.79 bits per heavy atom. The summed E-state index contributed by atoms with van der Waals surface area (Å²) in [5, 5.41) is 4.38. The molecule has 0 unspecified atom stereocenters. The molecule has 0 radical (unpaired) electrons. The van der Waals surface area contributed by atoms with Crippen LogP contribution in [0.4, 0.5) is 5.69 Å². The van der Waals surface area contributed by atoms with E-state index in [0.717, 1.165) is 11.2 Å². The molecule has 0 fully saturated rings. The molecule has 0 saturated carbocycles. The van der Waals surface area contributed by atoms with E-state index < -0.39 is 0 Å². The fourth-order valence-electron chi connectivity index (χ4n) is 1.41. The van der Waals surface area contributed by atoms with Crippen molar-refractivity contribution in [3.05, 3.63) is 23.2 Å². The van der Waals surface area contributed by atoms with Gasteiger partial charge in [0.25, 0.3) is 0 Å². The van der Waals surface area contributed by atoms with Crippen LogP contribution >= 0.6 is 11.3 Å². The molecule has 0 atom stereocenters. The number of hydrogen-bond acceptors (Lipinski definition) is 3. The summed E-state index contributed by atoms with van der Waals surface area (Å²) in [6.07, 6.45) is 0. The minimum atomic E-state index is 0.511. The van der Waals surface area contributed by atoms with Gasteiger partial charge >= 0.3 is 0 Å². The maximum absolute atomic E-state index is 4.64. The second-order valence-electron chi connectivity index (χ2n) is 3.61. The molecule has 0 aliphatic rings. The lowest BCUT2D eigenvalue weighted by Crippen LogP contribution is -1.89. The van der Waals surface area contributed by atoms with E-state index in [1.165, 1.54) is 9.71 Å². The van der Waals surface area contributed by atoms with Crippen LogP contribution in [0, 0.1) is 0 Å². The van der Waals surface area contributed by atoms with E-state index in [0.29, 0.717) is 5.92 Å². The smallest absolute Gasteiger partial charge is 0.105 e. The first-order chi connectivity index (χ1) is 6.72. The summed E-state index contributed by atoms with van der Waals surface area (Å²) in [5.74, 6) is 0.511. The van der Waals surface area contributed by atoms with Gasteiger partial charge in [0.2, 0.25) is 0 Å². The van der Waals surface area contributed by atoms with Crippen molar-refractivity contribution >= 4 is 27.2 Å². The van der Waals surface area contributed by atoms with Crippen molar-refractivity contribution in [2.75, 3.05) is 12.4 Å². The van der Waals surface area contributed by atoms with E-state index in [2.05, 4.69) is 42.3 Å². The second kappa shape index (κ2) is 3.58. The number of rotatable bonds is 2. The lowest BCUT2D eigenvalue weighted by Gasteiger charge is -1.99. The van der Waals surface area contributed by atoms with Crippen molar-refractivity contribution in [1.82, 2.24) is 4.98 Å². The third-order valence-electron chi connectivity index (χ3n) is 2.20. The maximum atomic E-state index is 4.64. The second-order valence-corrected chi connectivity index (χ2v) is 4.67. The van der Waals surface area contributed by atoms with Crippen molar-refractivity contribution in [2.24, 2.45) is 0 Å². The Morgan fingerprint density at radius 2 is 2.14 bits per heavy atom. The molecular weight excluding hydrogens is 192 g/mol. The highest BCUT2D eigenvalue weighted by Gasteiger charge is 2.09. The molecule has 1 aromatic heterocycles. The van der Waals surface area contributed by atoms with Crippen LogP contribution in [0.15, 0.2) is 18.2 Å². The van der Waals surface area contributed by atoms with Gasteiger partial charge in [0.15, 0.2) is 0 Å². The lowest BCUT2D eigenvalue weighted by atomic mass is 10.2. The average molecular weight is 206 g/mol. The van der Waals surface area contributed by atoms with Crippen LogP contribution in [0.1, 0.15) is 24.8 Å². The fraction of sp³-hybridized carbons (Fsp3) is 0.364. The summed E-state index contributed by atoms with van der Waals surface area (Å²) in [6, 6.07) is 6.25. The van der Waals surface area contributed by atoms with Crippen molar-refractivity contribution in [3.63, 3.8) is 0 Å². The van der Waals surface area contributed by atoms with Crippen molar-refractivity contribution in [3.8, 4) is 0 Å². The molecular formula is C11H14N2S. The van der Waals surface area contributed by atoms with Crippen LogP contribution in [0.2, 0.25) is 0 Å². The first-order valence-electron chi connectivity index (χ1n) is 4.79. The molecule has 0 bridgehead atoms. The third kappa shape index (κ3) is 1.48. The number of fused-ring (bicyclic) bond motifs is 1. The van der Waals surface area contributed by atoms with Crippen LogP contribution in [-0.2, 0) is 0 Å². The molecule has 2 rings (SSSR count). The molecule has 0 spiro atoms. The normalized spacial score (nSPS) is 11.1. The molecule has 74 valence electrons. The Kier molecular flexibility index (Phi) is 2.42. The van der Waals surface area contributed by atoms with Crippen molar-refractivity contribution < 1.29 is 0 Å². The highest BCUT2D eigenvalue weighted by Crippen LogP contribution is 2.31. The highest BCUT2D eigenvalue weighted by atomic mass is 32.1. The number of anilines is 1. The predicted octanol–water partition coefficient (Wildman–Crippen LogP) is 3.46. The Hall–Kier alpha value is -1.09. The Balaban J connectivity index is 2.64. The van der Waals surface area contributed by atoms with Crippen LogP contribution in [-0.4, -0.2) is 12.0 Å². The molecule has 1 aromatic carbocycles. The zero-order chi connectivity index (χ0) is 10.1. The number of aromatic nitrogens is 1. The predicted molar refractivity (Wildman–Crippen MR) is 63.3 cm³/mol. The van der Waals surface area contributed by atoms with Gasteiger partial charge in [-0.15, -0.1) is 11.3 Å². The molecule has 1 heterocycles. The summed E-state index contributed by atoms with van der Waals surface area (Å²) in [5.41, 5.74) is 2.22.